The van der Waals surface area contributed by atoms with Crippen LogP contribution in [0.3, 0.4) is 0 Å². The third kappa shape index (κ3) is 2.42. The van der Waals surface area contributed by atoms with Crippen molar-refractivity contribution in [1.82, 2.24) is 24.9 Å². The van der Waals surface area contributed by atoms with Crippen LogP contribution >= 0.6 is 11.3 Å². The van der Waals surface area contributed by atoms with Crippen LogP contribution in [0.15, 0.2) is 16.9 Å². The lowest BCUT2D eigenvalue weighted by Crippen LogP contribution is -1.88. The van der Waals surface area contributed by atoms with E-state index in [9.17, 15) is 0 Å². The quantitative estimate of drug-likeness (QED) is 0.729. The van der Waals surface area contributed by atoms with Gasteiger partial charge in [0.05, 0.1) is 24.6 Å². The SMILES string of the molecule is COc1nc(-c2noc(Cc3cnn(C)c3)n2)sc1C. The van der Waals surface area contributed by atoms with Crippen molar-refractivity contribution in [2.24, 2.45) is 7.05 Å². The van der Waals surface area contributed by atoms with E-state index < -0.39 is 0 Å². The van der Waals surface area contributed by atoms with Gasteiger partial charge in [-0.3, -0.25) is 4.68 Å². The number of hydrogen-bond donors (Lipinski definition) is 0. The molecule has 0 saturated carbocycles. The van der Waals surface area contributed by atoms with Crippen molar-refractivity contribution in [2.75, 3.05) is 7.11 Å². The van der Waals surface area contributed by atoms with Crippen LogP contribution in [0, 0.1) is 6.92 Å². The van der Waals surface area contributed by atoms with Crippen molar-refractivity contribution in [3.05, 3.63) is 28.7 Å². The first-order valence-corrected chi connectivity index (χ1v) is 6.79. The molecule has 0 spiro atoms. The number of hydrogen-bond acceptors (Lipinski definition) is 7. The Morgan fingerprint density at radius 1 is 1.40 bits per heavy atom. The number of nitrogens with zero attached hydrogens (tertiary/aromatic N) is 5. The fourth-order valence-corrected chi connectivity index (χ4v) is 2.63. The third-order valence-corrected chi connectivity index (χ3v) is 3.67. The molecule has 7 nitrogen and oxygen atoms in total. The molecule has 3 rings (SSSR count). The summed E-state index contributed by atoms with van der Waals surface area (Å²) in [6.07, 6.45) is 4.25. The van der Waals surface area contributed by atoms with E-state index in [0.29, 0.717) is 29.0 Å². The number of aromatic nitrogens is 5. The highest BCUT2D eigenvalue weighted by molar-refractivity contribution is 7.15. The molecule has 0 bridgehead atoms. The van der Waals surface area contributed by atoms with Gasteiger partial charge in [-0.25, -0.2) is 0 Å². The predicted molar refractivity (Wildman–Crippen MR) is 72.7 cm³/mol. The van der Waals surface area contributed by atoms with Gasteiger partial charge >= 0.3 is 0 Å². The second-order valence-corrected chi connectivity index (χ2v) is 5.50. The van der Waals surface area contributed by atoms with Crippen LogP contribution in [-0.2, 0) is 13.5 Å². The highest BCUT2D eigenvalue weighted by Gasteiger charge is 2.16. The Kier molecular flexibility index (Phi) is 3.23. The number of thiazole rings is 1. The zero-order valence-electron chi connectivity index (χ0n) is 11.3. The van der Waals surface area contributed by atoms with Gasteiger partial charge in [-0.1, -0.05) is 5.16 Å². The summed E-state index contributed by atoms with van der Waals surface area (Å²) >= 11 is 1.48. The molecule has 0 aromatic carbocycles. The van der Waals surface area contributed by atoms with Crippen LogP contribution in [0.4, 0.5) is 0 Å². The second-order valence-electron chi connectivity index (χ2n) is 4.30. The summed E-state index contributed by atoms with van der Waals surface area (Å²) < 4.78 is 12.1. The Morgan fingerprint density at radius 2 is 2.25 bits per heavy atom. The minimum atomic E-state index is 0.486. The van der Waals surface area contributed by atoms with Gasteiger partial charge in [0.25, 0.3) is 0 Å². The first-order valence-electron chi connectivity index (χ1n) is 5.97. The average Bonchev–Trinajstić information content (AvgIpc) is 3.11. The van der Waals surface area contributed by atoms with Crippen molar-refractivity contribution in [3.8, 4) is 16.7 Å². The molecule has 3 heterocycles. The first-order chi connectivity index (χ1) is 9.65. The summed E-state index contributed by atoms with van der Waals surface area (Å²) in [7, 11) is 3.46. The number of ether oxygens (including phenoxy) is 1. The molecule has 0 aliphatic heterocycles. The number of aryl methyl sites for hydroxylation is 2. The Bertz CT molecular complexity index is 730. The monoisotopic (exact) mass is 291 g/mol. The molecular formula is C12H13N5O2S. The zero-order chi connectivity index (χ0) is 14.1. The highest BCUT2D eigenvalue weighted by Crippen LogP contribution is 2.30. The van der Waals surface area contributed by atoms with E-state index in [1.165, 1.54) is 11.3 Å². The summed E-state index contributed by atoms with van der Waals surface area (Å²) in [6, 6.07) is 0. The Hall–Kier alpha value is -2.22. The van der Waals surface area contributed by atoms with Gasteiger partial charge in [-0.15, -0.1) is 11.3 Å². The van der Waals surface area contributed by atoms with Gasteiger partial charge in [-0.2, -0.15) is 15.1 Å². The molecule has 20 heavy (non-hydrogen) atoms. The van der Waals surface area contributed by atoms with Gasteiger partial charge in [0, 0.05) is 13.2 Å². The van der Waals surface area contributed by atoms with E-state index in [4.69, 9.17) is 9.26 Å². The van der Waals surface area contributed by atoms with Gasteiger partial charge in [-0.05, 0) is 12.5 Å². The maximum Gasteiger partial charge on any atom is 0.231 e. The van der Waals surface area contributed by atoms with Crippen LogP contribution in [0.5, 0.6) is 5.88 Å². The lowest BCUT2D eigenvalue weighted by molar-refractivity contribution is 0.385. The van der Waals surface area contributed by atoms with E-state index in [1.807, 2.05) is 20.2 Å². The molecule has 3 aromatic rings. The smallest absolute Gasteiger partial charge is 0.231 e. The molecule has 0 aliphatic rings. The van der Waals surface area contributed by atoms with E-state index >= 15 is 0 Å². The minimum Gasteiger partial charge on any atom is -0.480 e. The molecular weight excluding hydrogens is 278 g/mol. The number of methoxy groups -OCH3 is 1. The third-order valence-electron chi connectivity index (χ3n) is 2.72. The number of rotatable bonds is 4. The molecule has 0 fully saturated rings. The molecule has 0 amide bonds. The van der Waals surface area contributed by atoms with Crippen LogP contribution in [0.25, 0.3) is 10.8 Å². The fraction of sp³-hybridized carbons (Fsp3) is 0.333. The molecule has 104 valence electrons. The van der Waals surface area contributed by atoms with Crippen molar-refractivity contribution in [3.63, 3.8) is 0 Å². The largest absolute Gasteiger partial charge is 0.480 e. The van der Waals surface area contributed by atoms with Crippen molar-refractivity contribution >= 4 is 11.3 Å². The lowest BCUT2D eigenvalue weighted by Gasteiger charge is -1.90. The maximum atomic E-state index is 5.24. The minimum absolute atomic E-state index is 0.486. The summed E-state index contributed by atoms with van der Waals surface area (Å²) in [6.45, 7) is 1.94. The zero-order valence-corrected chi connectivity index (χ0v) is 12.1. The van der Waals surface area contributed by atoms with E-state index in [1.54, 1.807) is 18.0 Å². The molecule has 3 aromatic heterocycles. The Morgan fingerprint density at radius 3 is 2.90 bits per heavy atom. The van der Waals surface area contributed by atoms with Gasteiger partial charge in [0.2, 0.25) is 17.6 Å². The van der Waals surface area contributed by atoms with E-state index in [0.717, 1.165) is 10.4 Å². The van der Waals surface area contributed by atoms with Crippen molar-refractivity contribution in [2.45, 2.75) is 13.3 Å². The molecule has 0 N–H and O–H groups in total. The van der Waals surface area contributed by atoms with Gasteiger partial charge < -0.3 is 9.26 Å². The van der Waals surface area contributed by atoms with Crippen LogP contribution < -0.4 is 4.74 Å². The van der Waals surface area contributed by atoms with Crippen molar-refractivity contribution in [1.29, 1.82) is 0 Å². The van der Waals surface area contributed by atoms with Gasteiger partial charge in [0.15, 0.2) is 5.01 Å². The summed E-state index contributed by atoms with van der Waals surface area (Å²) in [5.41, 5.74) is 1.02. The van der Waals surface area contributed by atoms with Gasteiger partial charge in [0.1, 0.15) is 0 Å². The molecule has 8 heteroatoms. The summed E-state index contributed by atoms with van der Waals surface area (Å²) in [5.74, 6) is 1.63. The van der Waals surface area contributed by atoms with Crippen LogP contribution in [-0.4, -0.2) is 32.0 Å². The lowest BCUT2D eigenvalue weighted by atomic mass is 10.2. The molecule has 0 atom stereocenters. The Labute approximate surface area is 119 Å². The molecule has 0 radical (unpaired) electrons. The van der Waals surface area contributed by atoms with E-state index in [-0.39, 0.29) is 0 Å². The molecule has 0 aliphatic carbocycles. The fourth-order valence-electron chi connectivity index (χ4n) is 1.82. The molecule has 0 saturated heterocycles. The predicted octanol–water partition coefficient (Wildman–Crippen LogP) is 1.83. The van der Waals surface area contributed by atoms with E-state index in [2.05, 4.69) is 20.2 Å². The Balaban J connectivity index is 1.82. The first kappa shape index (κ1) is 12.8. The van der Waals surface area contributed by atoms with Crippen LogP contribution in [0.2, 0.25) is 0 Å². The summed E-state index contributed by atoms with van der Waals surface area (Å²) in [5, 5.41) is 8.76. The maximum absolute atomic E-state index is 5.24. The average molecular weight is 291 g/mol. The topological polar surface area (TPSA) is 78.9 Å². The highest BCUT2D eigenvalue weighted by atomic mass is 32.1. The van der Waals surface area contributed by atoms with Crippen LogP contribution in [0.1, 0.15) is 16.3 Å². The standard InChI is InChI=1S/C12H13N5O2S/c1-7-11(18-3)15-12(20-7)10-14-9(19-16-10)4-8-5-13-17(2)6-8/h5-6H,4H2,1-3H3. The van der Waals surface area contributed by atoms with Crippen molar-refractivity contribution < 1.29 is 9.26 Å². The normalized spacial score (nSPS) is 10.9. The second kappa shape index (κ2) is 5.04. The molecule has 0 unspecified atom stereocenters. The summed E-state index contributed by atoms with van der Waals surface area (Å²) in [4.78, 5) is 9.66.